The van der Waals surface area contributed by atoms with E-state index >= 15 is 0 Å². The highest BCUT2D eigenvalue weighted by Gasteiger charge is 2.28. The summed E-state index contributed by atoms with van der Waals surface area (Å²) in [6.45, 7) is 9.36. The Morgan fingerprint density at radius 2 is 1.67 bits per heavy atom. The van der Waals surface area contributed by atoms with Gasteiger partial charge in [0.25, 0.3) is 5.91 Å². The van der Waals surface area contributed by atoms with Crippen LogP contribution in [0.4, 0.5) is 0 Å². The highest BCUT2D eigenvalue weighted by atomic mass is 32.2. The lowest BCUT2D eigenvalue weighted by molar-refractivity contribution is 0.0720. The van der Waals surface area contributed by atoms with Gasteiger partial charge in [-0.3, -0.25) is 4.79 Å². The third kappa shape index (κ3) is 5.23. The predicted octanol–water partition coefficient (Wildman–Crippen LogP) is 3.28. The Balaban J connectivity index is 2.36. The summed E-state index contributed by atoms with van der Waals surface area (Å²) >= 11 is 0. The highest BCUT2D eigenvalue weighted by molar-refractivity contribution is 7.89. The molecule has 0 unspecified atom stereocenters. The molecule has 1 fully saturated rings. The molecule has 1 amide bonds. The van der Waals surface area contributed by atoms with E-state index in [1.165, 1.54) is 19.2 Å². The van der Waals surface area contributed by atoms with E-state index in [0.29, 0.717) is 24.4 Å². The summed E-state index contributed by atoms with van der Waals surface area (Å²) < 4.78 is 34.0. The lowest BCUT2D eigenvalue weighted by Crippen LogP contribution is -2.42. The van der Waals surface area contributed by atoms with Gasteiger partial charge >= 0.3 is 0 Å². The van der Waals surface area contributed by atoms with Gasteiger partial charge < -0.3 is 9.64 Å². The Labute approximate surface area is 163 Å². The monoisotopic (exact) mass is 396 g/mol. The minimum absolute atomic E-state index is 0.0926. The second-order valence-electron chi connectivity index (χ2n) is 7.85. The Kier molecular flexibility index (Phi) is 7.28. The van der Waals surface area contributed by atoms with Crippen molar-refractivity contribution in [1.29, 1.82) is 0 Å². The number of nitrogens with zero attached hydrogens (tertiary/aromatic N) is 1. The number of carbonyl (C=O) groups excluding carboxylic acids is 1. The van der Waals surface area contributed by atoms with Gasteiger partial charge in [0, 0.05) is 19.1 Å². The van der Waals surface area contributed by atoms with Crippen LogP contribution >= 0.6 is 0 Å². The minimum Gasteiger partial charge on any atom is -0.496 e. The number of methoxy groups -OCH3 is 1. The summed E-state index contributed by atoms with van der Waals surface area (Å²) in [6, 6.07) is 4.31. The smallest absolute Gasteiger partial charge is 0.257 e. The maximum atomic E-state index is 12.9. The average molecular weight is 397 g/mol. The lowest BCUT2D eigenvalue weighted by atomic mass is 9.94. The van der Waals surface area contributed by atoms with Gasteiger partial charge in [-0.1, -0.05) is 27.7 Å². The van der Waals surface area contributed by atoms with Gasteiger partial charge in [0.05, 0.1) is 17.6 Å². The van der Waals surface area contributed by atoms with E-state index < -0.39 is 10.0 Å². The lowest BCUT2D eigenvalue weighted by Gasteiger charge is -2.28. The van der Waals surface area contributed by atoms with E-state index in [9.17, 15) is 13.2 Å². The molecule has 1 aliphatic rings. The van der Waals surface area contributed by atoms with Crippen LogP contribution in [0.2, 0.25) is 0 Å². The van der Waals surface area contributed by atoms with Gasteiger partial charge in [-0.15, -0.1) is 0 Å². The number of amides is 1. The molecule has 1 saturated heterocycles. The van der Waals surface area contributed by atoms with Crippen molar-refractivity contribution in [2.75, 3.05) is 20.2 Å². The summed E-state index contributed by atoms with van der Waals surface area (Å²) in [7, 11) is -2.25. The first kappa shape index (κ1) is 21.7. The maximum absolute atomic E-state index is 12.9. The molecule has 7 heteroatoms. The van der Waals surface area contributed by atoms with Crippen LogP contribution in [0.5, 0.6) is 5.75 Å². The zero-order chi connectivity index (χ0) is 20.2. The zero-order valence-electron chi connectivity index (χ0n) is 17.0. The number of sulfonamides is 1. The van der Waals surface area contributed by atoms with Gasteiger partial charge in [0.2, 0.25) is 10.0 Å². The topological polar surface area (TPSA) is 75.7 Å². The van der Waals surface area contributed by atoms with Crippen molar-refractivity contribution in [2.45, 2.75) is 57.9 Å². The molecule has 27 heavy (non-hydrogen) atoms. The fraction of sp³-hybridized carbons (Fsp3) is 0.650. The summed E-state index contributed by atoms with van der Waals surface area (Å²) in [6.07, 6.45) is 3.06. The van der Waals surface area contributed by atoms with Crippen molar-refractivity contribution in [3.05, 3.63) is 23.8 Å². The standard InChI is InChI=1S/C20H32N2O4S/c1-14(2)19(15(3)4)21-27(24,25)16-9-10-18(26-5)17(13-16)20(23)22-11-7-6-8-12-22/h9-10,13-15,19,21H,6-8,11-12H2,1-5H3. The molecular formula is C20H32N2O4S. The number of hydrogen-bond donors (Lipinski definition) is 1. The van der Waals surface area contributed by atoms with E-state index in [1.54, 1.807) is 11.0 Å². The number of ether oxygens (including phenoxy) is 1. The van der Waals surface area contributed by atoms with Crippen LogP contribution in [-0.2, 0) is 10.0 Å². The second-order valence-corrected chi connectivity index (χ2v) is 9.56. The fourth-order valence-corrected chi connectivity index (χ4v) is 5.14. The summed E-state index contributed by atoms with van der Waals surface area (Å²) in [5, 5.41) is 0. The first-order chi connectivity index (χ1) is 12.7. The quantitative estimate of drug-likeness (QED) is 0.767. The van der Waals surface area contributed by atoms with Crippen LogP contribution in [0, 0.1) is 11.8 Å². The fourth-order valence-electron chi connectivity index (χ4n) is 3.58. The van der Waals surface area contributed by atoms with Crippen LogP contribution in [-0.4, -0.2) is 45.5 Å². The molecule has 1 N–H and O–H groups in total. The normalized spacial score (nSPS) is 15.6. The Bertz CT molecular complexity index is 745. The number of hydrogen-bond acceptors (Lipinski definition) is 4. The van der Waals surface area contributed by atoms with Crippen LogP contribution in [0.25, 0.3) is 0 Å². The number of rotatable bonds is 7. The van der Waals surface area contributed by atoms with Crippen molar-refractivity contribution in [3.8, 4) is 5.75 Å². The minimum atomic E-state index is -3.74. The van der Waals surface area contributed by atoms with Crippen molar-refractivity contribution < 1.29 is 17.9 Å². The molecule has 0 aliphatic carbocycles. The summed E-state index contributed by atoms with van der Waals surface area (Å²) in [5.41, 5.74) is 0.299. The second kappa shape index (κ2) is 9.06. The summed E-state index contributed by atoms with van der Waals surface area (Å²) in [4.78, 5) is 14.8. The molecule has 1 aliphatic heterocycles. The molecule has 1 aromatic rings. The number of nitrogens with one attached hydrogen (secondary N) is 1. The number of carbonyl (C=O) groups is 1. The van der Waals surface area contributed by atoms with Crippen LogP contribution in [0.15, 0.2) is 23.1 Å². The molecule has 1 heterocycles. The molecule has 0 saturated carbocycles. The maximum Gasteiger partial charge on any atom is 0.257 e. The third-order valence-electron chi connectivity index (χ3n) is 5.08. The number of benzene rings is 1. The van der Waals surface area contributed by atoms with Crippen LogP contribution < -0.4 is 9.46 Å². The molecule has 6 nitrogen and oxygen atoms in total. The van der Waals surface area contributed by atoms with E-state index in [4.69, 9.17) is 4.74 Å². The molecule has 152 valence electrons. The predicted molar refractivity (Wildman–Crippen MR) is 107 cm³/mol. The van der Waals surface area contributed by atoms with E-state index in [2.05, 4.69) is 4.72 Å². The zero-order valence-corrected chi connectivity index (χ0v) is 17.8. The van der Waals surface area contributed by atoms with E-state index in [1.807, 2.05) is 27.7 Å². The first-order valence-corrected chi connectivity index (χ1v) is 11.2. The van der Waals surface area contributed by atoms with Gasteiger partial charge in [-0.25, -0.2) is 13.1 Å². The SMILES string of the molecule is COc1ccc(S(=O)(=O)NC(C(C)C)C(C)C)cc1C(=O)N1CCCCC1. The van der Waals surface area contributed by atoms with Gasteiger partial charge in [0.15, 0.2) is 0 Å². The highest BCUT2D eigenvalue weighted by Crippen LogP contribution is 2.26. The van der Waals surface area contributed by atoms with Gasteiger partial charge in [-0.2, -0.15) is 0 Å². The Hall–Kier alpha value is -1.60. The average Bonchev–Trinajstić information content (AvgIpc) is 2.65. The third-order valence-corrected chi connectivity index (χ3v) is 6.54. The number of piperidine rings is 1. The molecule has 0 bridgehead atoms. The molecule has 2 rings (SSSR count). The van der Waals surface area contributed by atoms with Crippen molar-refractivity contribution in [2.24, 2.45) is 11.8 Å². The van der Waals surface area contributed by atoms with Gasteiger partial charge in [0.1, 0.15) is 5.75 Å². The van der Waals surface area contributed by atoms with Crippen molar-refractivity contribution >= 4 is 15.9 Å². The first-order valence-electron chi connectivity index (χ1n) is 9.67. The van der Waals surface area contributed by atoms with Crippen LogP contribution in [0.3, 0.4) is 0 Å². The van der Waals surface area contributed by atoms with E-state index in [0.717, 1.165) is 19.3 Å². The van der Waals surface area contributed by atoms with Crippen molar-refractivity contribution in [1.82, 2.24) is 9.62 Å². The van der Waals surface area contributed by atoms with Crippen molar-refractivity contribution in [3.63, 3.8) is 0 Å². The summed E-state index contributed by atoms with van der Waals surface area (Å²) in [5.74, 6) is 0.543. The number of likely N-dealkylation sites (tertiary alicyclic amines) is 1. The molecule has 1 aromatic carbocycles. The Morgan fingerprint density at radius 3 is 2.19 bits per heavy atom. The molecular weight excluding hydrogens is 364 g/mol. The van der Waals surface area contributed by atoms with Crippen LogP contribution in [0.1, 0.15) is 57.3 Å². The molecule has 0 atom stereocenters. The molecule has 0 spiro atoms. The Morgan fingerprint density at radius 1 is 1.07 bits per heavy atom. The molecule has 0 aromatic heterocycles. The largest absolute Gasteiger partial charge is 0.496 e. The van der Waals surface area contributed by atoms with E-state index in [-0.39, 0.29) is 28.7 Å². The molecule has 0 radical (unpaired) electrons. The van der Waals surface area contributed by atoms with Gasteiger partial charge in [-0.05, 0) is 49.3 Å².